The van der Waals surface area contributed by atoms with Crippen LogP contribution in [0.25, 0.3) is 5.76 Å². The number of oxime groups is 2. The minimum absolute atomic E-state index is 0.0117. The first-order valence-electron chi connectivity index (χ1n) is 14.6. The number of hydrogen-bond donors (Lipinski definition) is 5. The third-order valence-electron chi connectivity index (χ3n) is 8.04. The van der Waals surface area contributed by atoms with Gasteiger partial charge in [0, 0.05) is 45.6 Å². The van der Waals surface area contributed by atoms with E-state index in [-0.39, 0.29) is 33.7 Å². The summed E-state index contributed by atoms with van der Waals surface area (Å²) in [5.74, 6) is 0.128. The molecule has 7 N–H and O–H groups in total. The molecule has 0 saturated heterocycles. The van der Waals surface area contributed by atoms with Crippen molar-refractivity contribution >= 4 is 38.6 Å². The summed E-state index contributed by atoms with van der Waals surface area (Å²) in [5, 5.41) is 27.3. The fourth-order valence-corrected chi connectivity index (χ4v) is 7.15. The van der Waals surface area contributed by atoms with E-state index in [9.17, 15) is 8.42 Å². The van der Waals surface area contributed by atoms with Gasteiger partial charge in [-0.1, -0.05) is 71.0 Å². The van der Waals surface area contributed by atoms with Crippen LogP contribution < -0.4 is 16.8 Å². The van der Waals surface area contributed by atoms with Crippen LogP contribution in [0.3, 0.4) is 0 Å². The highest BCUT2D eigenvalue weighted by molar-refractivity contribution is 7.95. The highest BCUT2D eigenvalue weighted by Crippen LogP contribution is 2.52. The molecule has 1 aliphatic heterocycles. The van der Waals surface area contributed by atoms with Crippen molar-refractivity contribution < 1.29 is 23.6 Å². The lowest BCUT2D eigenvalue weighted by Crippen LogP contribution is -2.27. The van der Waals surface area contributed by atoms with Gasteiger partial charge in [-0.3, -0.25) is 0 Å². The molecular formula is C36H31N5O5S. The van der Waals surface area contributed by atoms with Crippen LogP contribution in [0.5, 0.6) is 0 Å². The van der Waals surface area contributed by atoms with Crippen molar-refractivity contribution in [3.63, 3.8) is 0 Å². The average Bonchev–Trinajstić information content (AvgIpc) is 3.55. The Morgan fingerprint density at radius 2 is 1.11 bits per heavy atom. The molecule has 6 rings (SSSR count). The predicted octanol–water partition coefficient (Wildman–Crippen LogP) is 6.13. The quantitative estimate of drug-likeness (QED) is 0.0551. The second-order valence-electron chi connectivity index (χ2n) is 10.9. The summed E-state index contributed by atoms with van der Waals surface area (Å²) in [6.07, 6.45) is 0.0489. The Bertz CT molecular complexity index is 2040. The highest BCUT2D eigenvalue weighted by Gasteiger charge is 2.48. The van der Waals surface area contributed by atoms with Crippen LogP contribution >= 0.6 is 0 Å². The number of hydrogen-bond acceptors (Lipinski definition) is 8. The average molecular weight is 646 g/mol. The zero-order chi connectivity index (χ0) is 33.0. The van der Waals surface area contributed by atoms with Crippen LogP contribution in [0, 0.1) is 0 Å². The zero-order valence-electron chi connectivity index (χ0n) is 25.0. The number of amidine groups is 2. The van der Waals surface area contributed by atoms with E-state index in [0.29, 0.717) is 16.7 Å². The van der Waals surface area contributed by atoms with Gasteiger partial charge in [-0.2, -0.15) is 0 Å². The summed E-state index contributed by atoms with van der Waals surface area (Å²) in [6.45, 7) is 0. The van der Waals surface area contributed by atoms with Crippen LogP contribution in [0.4, 0.5) is 11.4 Å². The first-order valence-corrected chi connectivity index (χ1v) is 16.1. The number of nitrogens with zero attached hydrogens (tertiary/aromatic N) is 2. The molecule has 0 bridgehead atoms. The second-order valence-corrected chi connectivity index (χ2v) is 12.8. The molecular weight excluding hydrogens is 614 g/mol. The molecule has 0 radical (unpaired) electrons. The van der Waals surface area contributed by atoms with Gasteiger partial charge in [0.25, 0.3) is 0 Å². The van der Waals surface area contributed by atoms with Gasteiger partial charge < -0.3 is 31.9 Å². The monoisotopic (exact) mass is 645 g/mol. The van der Waals surface area contributed by atoms with E-state index < -0.39 is 15.4 Å². The van der Waals surface area contributed by atoms with Gasteiger partial charge in [-0.05, 0) is 72.8 Å². The van der Waals surface area contributed by atoms with Crippen molar-refractivity contribution in [1.29, 1.82) is 0 Å². The summed E-state index contributed by atoms with van der Waals surface area (Å²) >= 11 is 0. The van der Waals surface area contributed by atoms with Gasteiger partial charge in [0.1, 0.15) is 5.76 Å². The van der Waals surface area contributed by atoms with Crippen LogP contribution in [0.2, 0.25) is 0 Å². The topological polar surface area (TPSA) is 173 Å². The fraction of sp³-hybridized carbons (Fsp3) is 0.0556. The predicted molar refractivity (Wildman–Crippen MR) is 181 cm³/mol. The van der Waals surface area contributed by atoms with Crippen molar-refractivity contribution in [3.8, 4) is 0 Å². The molecule has 236 valence electrons. The summed E-state index contributed by atoms with van der Waals surface area (Å²) in [6, 6.07) is 39.4. The molecule has 11 heteroatoms. The van der Waals surface area contributed by atoms with Gasteiger partial charge in [-0.15, -0.1) is 0 Å². The molecule has 1 heterocycles. The molecule has 47 heavy (non-hydrogen) atoms. The Morgan fingerprint density at radius 3 is 1.57 bits per heavy atom. The lowest BCUT2D eigenvalue weighted by atomic mass is 9.84. The van der Waals surface area contributed by atoms with E-state index in [0.717, 1.165) is 22.5 Å². The number of anilines is 2. The first-order chi connectivity index (χ1) is 22.7. The molecule has 0 saturated carbocycles. The van der Waals surface area contributed by atoms with E-state index in [1.807, 2.05) is 84.9 Å². The molecule has 0 aliphatic carbocycles. The Labute approximate surface area is 271 Å². The largest absolute Gasteiger partial charge is 0.476 e. The van der Waals surface area contributed by atoms with Crippen molar-refractivity contribution in [2.45, 2.75) is 16.9 Å². The number of ether oxygens (including phenoxy) is 1. The van der Waals surface area contributed by atoms with Crippen LogP contribution in [0.15, 0.2) is 154 Å². The SMILES string of the molecule is N/C(=N\O)c1ccc(Nc2ccc(C3=C(S(=O)(=O)c4ccc(/C(N)=N/O)cc4)CC(c4ccccc4)(c4ccccc4)O3)cc2)cc1. The molecule has 0 aromatic heterocycles. The fourth-order valence-electron chi connectivity index (χ4n) is 5.57. The molecule has 0 atom stereocenters. The molecule has 0 fully saturated rings. The Kier molecular flexibility index (Phi) is 8.38. The minimum atomic E-state index is -4.09. The number of nitrogens with two attached hydrogens (primary N) is 2. The van der Waals surface area contributed by atoms with Crippen LogP contribution in [-0.2, 0) is 20.2 Å². The van der Waals surface area contributed by atoms with Gasteiger partial charge in [0.05, 0.1) is 9.80 Å². The molecule has 0 spiro atoms. The highest BCUT2D eigenvalue weighted by atomic mass is 32.2. The molecule has 5 aromatic carbocycles. The van der Waals surface area contributed by atoms with Gasteiger partial charge in [0.15, 0.2) is 17.3 Å². The summed E-state index contributed by atoms with van der Waals surface area (Å²) < 4.78 is 35.7. The van der Waals surface area contributed by atoms with Crippen molar-refractivity contribution in [3.05, 3.63) is 166 Å². The zero-order valence-corrected chi connectivity index (χ0v) is 25.8. The third-order valence-corrected chi connectivity index (χ3v) is 9.91. The maximum absolute atomic E-state index is 14.4. The first kappa shape index (κ1) is 30.9. The second kappa shape index (κ2) is 12.7. The lowest BCUT2D eigenvalue weighted by molar-refractivity contribution is 0.101. The summed E-state index contributed by atoms with van der Waals surface area (Å²) in [4.78, 5) is 0.176. The van der Waals surface area contributed by atoms with E-state index in [2.05, 4.69) is 15.6 Å². The third kappa shape index (κ3) is 5.99. The summed E-state index contributed by atoms with van der Waals surface area (Å²) in [5.41, 5.74) is 15.0. The van der Waals surface area contributed by atoms with Crippen molar-refractivity contribution in [2.75, 3.05) is 5.32 Å². The molecule has 10 nitrogen and oxygen atoms in total. The van der Waals surface area contributed by atoms with Crippen LogP contribution in [-0.4, -0.2) is 30.5 Å². The Hall–Kier alpha value is -6.07. The van der Waals surface area contributed by atoms with E-state index >= 15 is 0 Å². The maximum Gasteiger partial charge on any atom is 0.206 e. The van der Waals surface area contributed by atoms with E-state index in [4.69, 9.17) is 26.6 Å². The summed E-state index contributed by atoms with van der Waals surface area (Å²) in [7, 11) is -4.09. The molecule has 1 aliphatic rings. The smallest absolute Gasteiger partial charge is 0.206 e. The minimum Gasteiger partial charge on any atom is -0.476 e. The van der Waals surface area contributed by atoms with Crippen molar-refractivity contribution in [2.24, 2.45) is 21.8 Å². The Morgan fingerprint density at radius 1 is 0.660 bits per heavy atom. The van der Waals surface area contributed by atoms with Crippen LogP contribution in [0.1, 0.15) is 34.2 Å². The van der Waals surface area contributed by atoms with Crippen molar-refractivity contribution in [1.82, 2.24) is 0 Å². The molecule has 0 unspecified atom stereocenters. The maximum atomic E-state index is 14.4. The molecule has 5 aromatic rings. The van der Waals surface area contributed by atoms with Gasteiger partial charge in [0.2, 0.25) is 9.84 Å². The van der Waals surface area contributed by atoms with Gasteiger partial charge in [-0.25, -0.2) is 8.42 Å². The standard InChI is InChI=1S/C36H31N5O5S/c37-34(40-42)25-13-19-30(20-14-25)39-29-17-11-24(12-18-29)33-32(47(44,45)31-21-15-26(16-22-31)35(38)41-43)23-36(46-33,27-7-3-1-4-8-27)28-9-5-2-6-10-28/h1-22,39,42-43H,23H2,(H2,37,40)(H2,38,41). The lowest BCUT2D eigenvalue weighted by Gasteiger charge is -2.31. The van der Waals surface area contributed by atoms with E-state index in [1.54, 1.807) is 24.3 Å². The number of rotatable bonds is 9. The molecule has 0 amide bonds. The number of benzene rings is 5. The number of nitrogens with one attached hydrogen (secondary N) is 1. The Balaban J connectivity index is 1.43. The normalized spacial score (nSPS) is 14.9. The van der Waals surface area contributed by atoms with Gasteiger partial charge >= 0.3 is 0 Å². The van der Waals surface area contributed by atoms with E-state index in [1.165, 1.54) is 24.3 Å². The number of sulfone groups is 1.